The molecule has 2 nitrogen and oxygen atoms in total. The predicted molar refractivity (Wildman–Crippen MR) is 101 cm³/mol. The van der Waals surface area contributed by atoms with Crippen LogP contribution in [-0.4, -0.2) is 17.0 Å². The fraction of sp³-hybridized carbons (Fsp3) is 0.235. The van der Waals surface area contributed by atoms with Crippen LogP contribution in [0.3, 0.4) is 0 Å². The van der Waals surface area contributed by atoms with Crippen LogP contribution in [-0.2, 0) is 11.2 Å². The zero-order valence-corrected chi connectivity index (χ0v) is 15.3. The predicted octanol–water partition coefficient (Wildman–Crippen LogP) is 4.82. The van der Waals surface area contributed by atoms with Crippen molar-refractivity contribution in [3.8, 4) is 0 Å². The van der Waals surface area contributed by atoms with Crippen molar-refractivity contribution in [2.45, 2.75) is 17.0 Å². The van der Waals surface area contributed by atoms with Gasteiger partial charge in [-0.25, -0.2) is 0 Å². The number of halogens is 2. The molecule has 2 atom stereocenters. The topological polar surface area (TPSA) is 43.1 Å². The first-order valence-corrected chi connectivity index (χ1v) is 9.87. The summed E-state index contributed by atoms with van der Waals surface area (Å²) in [6, 6.07) is 11.7. The van der Waals surface area contributed by atoms with Crippen molar-refractivity contribution in [2.75, 3.05) is 5.88 Å². The third-order valence-corrected chi connectivity index (χ3v) is 6.65. The van der Waals surface area contributed by atoms with E-state index >= 15 is 0 Å². The molecule has 0 saturated carbocycles. The van der Waals surface area contributed by atoms with Crippen LogP contribution in [0.25, 0.3) is 5.57 Å². The number of ketones is 1. The molecule has 120 valence electrons. The minimum Gasteiger partial charge on any atom is -0.393 e. The molecule has 6 heteroatoms. The van der Waals surface area contributed by atoms with E-state index in [0.29, 0.717) is 22.9 Å². The first-order valence-electron chi connectivity index (χ1n) is 7.14. The van der Waals surface area contributed by atoms with Crippen LogP contribution in [0.1, 0.15) is 21.3 Å². The molecule has 0 spiro atoms. The van der Waals surface area contributed by atoms with Crippen LogP contribution in [0.2, 0.25) is 0 Å². The lowest BCUT2D eigenvalue weighted by atomic mass is 9.99. The second kappa shape index (κ2) is 7.31. The number of hydrogen-bond acceptors (Lipinski definition) is 4. The van der Waals surface area contributed by atoms with Gasteiger partial charge in [0, 0.05) is 10.8 Å². The van der Waals surface area contributed by atoms with Gasteiger partial charge >= 0.3 is 0 Å². The Morgan fingerprint density at radius 1 is 1.22 bits per heavy atom. The Kier molecular flexibility index (Phi) is 5.37. The molecule has 2 unspecified atom stereocenters. The Bertz CT molecular complexity index is 742. The normalized spacial score (nSPS) is 19.4. The zero-order valence-electron chi connectivity index (χ0n) is 12.2. The van der Waals surface area contributed by atoms with Crippen molar-refractivity contribution in [3.63, 3.8) is 0 Å². The molecule has 0 fully saturated rings. The molecule has 0 bridgehead atoms. The maximum Gasteiger partial charge on any atom is 0.184 e. The van der Waals surface area contributed by atoms with Gasteiger partial charge in [0.05, 0.1) is 21.2 Å². The highest BCUT2D eigenvalue weighted by atomic mass is 35.5. The molecule has 0 amide bonds. The van der Waals surface area contributed by atoms with Crippen molar-refractivity contribution in [3.05, 3.63) is 62.8 Å². The number of hydrogen-bond donors (Lipinski definition) is 1. The van der Waals surface area contributed by atoms with Gasteiger partial charge in [-0.05, 0) is 29.0 Å². The lowest BCUT2D eigenvalue weighted by Gasteiger charge is -2.09. The van der Waals surface area contributed by atoms with Gasteiger partial charge in [-0.15, -0.1) is 34.5 Å². The first-order chi connectivity index (χ1) is 11.1. The zero-order chi connectivity index (χ0) is 16.4. The Hall–Kier alpha value is -0.940. The largest absolute Gasteiger partial charge is 0.393 e. The lowest BCUT2D eigenvalue weighted by Crippen LogP contribution is -2.09. The third-order valence-electron chi connectivity index (χ3n) is 3.66. The summed E-state index contributed by atoms with van der Waals surface area (Å²) in [7, 11) is 0. The molecule has 2 heterocycles. The van der Waals surface area contributed by atoms with Gasteiger partial charge in [0.2, 0.25) is 0 Å². The number of thioether (sulfide) groups is 1. The van der Waals surface area contributed by atoms with Gasteiger partial charge in [0.1, 0.15) is 0 Å². The minimum atomic E-state index is -0.263. The summed E-state index contributed by atoms with van der Waals surface area (Å²) in [5.74, 6) is 0.445. The van der Waals surface area contributed by atoms with Gasteiger partial charge in [-0.1, -0.05) is 42.1 Å². The van der Waals surface area contributed by atoms with Crippen LogP contribution in [0.4, 0.5) is 0 Å². The van der Waals surface area contributed by atoms with Crippen LogP contribution in [0.5, 0.6) is 0 Å². The van der Waals surface area contributed by atoms with Crippen molar-refractivity contribution in [1.82, 2.24) is 0 Å². The number of thiophene rings is 1. The average molecular weight is 384 g/mol. The Morgan fingerprint density at radius 3 is 2.65 bits per heavy atom. The third kappa shape index (κ3) is 3.45. The highest BCUT2D eigenvalue weighted by molar-refractivity contribution is 8.04. The second-order valence-electron chi connectivity index (χ2n) is 5.24. The molecule has 0 saturated heterocycles. The van der Waals surface area contributed by atoms with Crippen LogP contribution in [0, 0.1) is 0 Å². The quantitative estimate of drug-likeness (QED) is 0.752. The molecular formula is C17H15Cl2NOS2. The van der Waals surface area contributed by atoms with Crippen LogP contribution in [0.15, 0.2) is 46.8 Å². The van der Waals surface area contributed by atoms with E-state index in [9.17, 15) is 4.79 Å². The molecule has 1 aliphatic rings. The summed E-state index contributed by atoms with van der Waals surface area (Å²) < 4.78 is 0. The number of benzene rings is 1. The number of allylic oxidation sites excluding steroid dienone is 1. The molecular weight excluding hydrogens is 369 g/mol. The summed E-state index contributed by atoms with van der Waals surface area (Å²) in [5, 5.41) is 2.14. The molecule has 3 rings (SSSR count). The molecule has 2 aromatic rings. The highest BCUT2D eigenvalue weighted by Crippen LogP contribution is 2.48. The van der Waals surface area contributed by atoms with E-state index in [4.69, 9.17) is 28.9 Å². The van der Waals surface area contributed by atoms with E-state index in [1.165, 1.54) is 23.1 Å². The highest BCUT2D eigenvalue weighted by Gasteiger charge is 2.36. The first kappa shape index (κ1) is 16.9. The molecule has 23 heavy (non-hydrogen) atoms. The van der Waals surface area contributed by atoms with Crippen molar-refractivity contribution < 1.29 is 4.79 Å². The molecule has 0 aliphatic carbocycles. The number of nitrogens with two attached hydrogens (primary N) is 1. The fourth-order valence-corrected chi connectivity index (χ4v) is 5.00. The Labute approximate surface area is 153 Å². The SMILES string of the molecule is NC1=C(c2sccc2CC(Cl)CCl)C(=O)C(c2ccccc2)S1. The molecule has 0 radical (unpaired) electrons. The number of alkyl halides is 2. The summed E-state index contributed by atoms with van der Waals surface area (Å²) in [5.41, 5.74) is 8.84. The van der Waals surface area contributed by atoms with Gasteiger partial charge in [0.15, 0.2) is 5.78 Å². The van der Waals surface area contributed by atoms with Gasteiger partial charge in [-0.3, -0.25) is 4.79 Å². The molecule has 1 aromatic heterocycles. The van der Waals surface area contributed by atoms with Gasteiger partial charge in [0.25, 0.3) is 0 Å². The standard InChI is InChI=1S/C17H15Cl2NOS2/c18-9-12(19)8-11-6-7-22-15(11)13-14(21)16(23-17(13)20)10-4-2-1-3-5-10/h1-7,12,16H,8-9,20H2. The van der Waals surface area contributed by atoms with E-state index in [0.717, 1.165) is 16.0 Å². The van der Waals surface area contributed by atoms with E-state index in [2.05, 4.69) is 0 Å². The van der Waals surface area contributed by atoms with E-state index in [1.54, 1.807) is 0 Å². The van der Waals surface area contributed by atoms with Crippen LogP contribution < -0.4 is 5.73 Å². The minimum absolute atomic E-state index is 0.0689. The average Bonchev–Trinajstić information content (AvgIpc) is 3.12. The number of Topliss-reactive ketones (excluding diaryl/α,β-unsaturated/α-hetero) is 1. The van der Waals surface area contributed by atoms with E-state index < -0.39 is 0 Å². The number of rotatable bonds is 5. The Balaban J connectivity index is 1.91. The van der Waals surface area contributed by atoms with Crippen LogP contribution >= 0.6 is 46.3 Å². The fourth-order valence-electron chi connectivity index (χ4n) is 2.57. The van der Waals surface area contributed by atoms with Gasteiger partial charge in [-0.2, -0.15) is 0 Å². The van der Waals surface area contributed by atoms with Crippen molar-refractivity contribution in [2.24, 2.45) is 5.73 Å². The Morgan fingerprint density at radius 2 is 1.96 bits per heavy atom. The summed E-state index contributed by atoms with van der Waals surface area (Å²) in [6.45, 7) is 0. The summed E-state index contributed by atoms with van der Waals surface area (Å²) in [6.07, 6.45) is 0.634. The second-order valence-corrected chi connectivity index (χ2v) is 8.23. The molecule has 1 aromatic carbocycles. The molecule has 1 aliphatic heterocycles. The maximum atomic E-state index is 12.9. The van der Waals surface area contributed by atoms with E-state index in [1.807, 2.05) is 41.8 Å². The van der Waals surface area contributed by atoms with Crippen molar-refractivity contribution in [1.29, 1.82) is 0 Å². The number of carbonyl (C=O) groups excluding carboxylic acids is 1. The van der Waals surface area contributed by atoms with Gasteiger partial charge < -0.3 is 5.73 Å². The van der Waals surface area contributed by atoms with E-state index in [-0.39, 0.29) is 16.4 Å². The lowest BCUT2D eigenvalue weighted by molar-refractivity contribution is -0.113. The monoisotopic (exact) mass is 383 g/mol. The summed E-state index contributed by atoms with van der Waals surface area (Å²) in [4.78, 5) is 13.8. The number of carbonyl (C=O) groups is 1. The summed E-state index contributed by atoms with van der Waals surface area (Å²) >= 11 is 14.9. The molecule has 2 N–H and O–H groups in total. The smallest absolute Gasteiger partial charge is 0.184 e. The van der Waals surface area contributed by atoms with Crippen molar-refractivity contribution >= 4 is 57.7 Å². The maximum absolute atomic E-state index is 12.9.